The Morgan fingerprint density at radius 1 is 1.29 bits per heavy atom. The number of anilines is 1. The first kappa shape index (κ1) is 20.2. The minimum atomic E-state index is -0.107. The van der Waals surface area contributed by atoms with E-state index in [-0.39, 0.29) is 11.9 Å². The number of amides is 1. The summed E-state index contributed by atoms with van der Waals surface area (Å²) in [5.41, 5.74) is 9.94. The van der Waals surface area contributed by atoms with Crippen molar-refractivity contribution in [2.24, 2.45) is 7.05 Å². The number of fused-ring (bicyclic) bond motifs is 3. The summed E-state index contributed by atoms with van der Waals surface area (Å²) in [7, 11) is 1.84. The molecular formula is C22H20BrClN6O. The largest absolute Gasteiger partial charge is 0.383 e. The number of carbonyl (C=O) groups excluding carboxylic acids is 1. The fourth-order valence-electron chi connectivity index (χ4n) is 3.91. The van der Waals surface area contributed by atoms with Gasteiger partial charge >= 0.3 is 0 Å². The van der Waals surface area contributed by atoms with Gasteiger partial charge in [-0.05, 0) is 59.5 Å². The number of nitrogens with two attached hydrogens (primary N) is 1. The summed E-state index contributed by atoms with van der Waals surface area (Å²) in [4.78, 5) is 24.4. The van der Waals surface area contributed by atoms with Gasteiger partial charge in [0.05, 0.1) is 45.4 Å². The first-order valence-electron chi connectivity index (χ1n) is 9.96. The van der Waals surface area contributed by atoms with Gasteiger partial charge in [-0.25, -0.2) is 4.98 Å². The van der Waals surface area contributed by atoms with E-state index in [1.54, 1.807) is 23.1 Å². The maximum Gasteiger partial charge on any atom is 0.255 e. The van der Waals surface area contributed by atoms with Crippen molar-refractivity contribution < 1.29 is 4.79 Å². The fourth-order valence-corrected chi connectivity index (χ4v) is 4.36. The zero-order chi connectivity index (χ0) is 21.9. The molecule has 3 aromatic heterocycles. The van der Waals surface area contributed by atoms with E-state index in [9.17, 15) is 4.79 Å². The number of nitrogen functional groups attached to an aromatic ring is 1. The van der Waals surface area contributed by atoms with Crippen LogP contribution in [0.1, 0.15) is 34.5 Å². The van der Waals surface area contributed by atoms with Crippen molar-refractivity contribution >= 4 is 61.1 Å². The highest BCUT2D eigenvalue weighted by Crippen LogP contribution is 2.35. The van der Waals surface area contributed by atoms with Crippen molar-refractivity contribution in [3.63, 3.8) is 0 Å². The summed E-state index contributed by atoms with van der Waals surface area (Å²) in [5, 5.41) is 6.21. The van der Waals surface area contributed by atoms with Crippen LogP contribution in [0.5, 0.6) is 0 Å². The van der Waals surface area contributed by atoms with Gasteiger partial charge in [-0.15, -0.1) is 0 Å². The smallest absolute Gasteiger partial charge is 0.255 e. The average Bonchev–Trinajstić information content (AvgIpc) is 3.50. The minimum absolute atomic E-state index is 0.107. The van der Waals surface area contributed by atoms with Gasteiger partial charge in [0.25, 0.3) is 5.91 Å². The third-order valence-electron chi connectivity index (χ3n) is 5.71. The van der Waals surface area contributed by atoms with Crippen molar-refractivity contribution in [3.05, 3.63) is 56.9 Å². The Morgan fingerprint density at radius 3 is 2.77 bits per heavy atom. The van der Waals surface area contributed by atoms with Gasteiger partial charge in [-0.3, -0.25) is 14.5 Å². The molecule has 1 aliphatic rings. The molecule has 5 rings (SSSR count). The topological polar surface area (TPSA) is 89.9 Å². The molecule has 158 valence electrons. The number of benzene rings is 1. The van der Waals surface area contributed by atoms with Gasteiger partial charge < -0.3 is 10.6 Å². The summed E-state index contributed by atoms with van der Waals surface area (Å²) < 4.78 is 2.69. The quantitative estimate of drug-likeness (QED) is 0.442. The lowest BCUT2D eigenvalue weighted by Crippen LogP contribution is -2.33. The molecule has 0 atom stereocenters. The molecular weight excluding hydrogens is 480 g/mol. The molecule has 0 bridgehead atoms. The van der Waals surface area contributed by atoms with Gasteiger partial charge in [0, 0.05) is 29.1 Å². The number of hydrogen-bond acceptors (Lipinski definition) is 5. The zero-order valence-corrected chi connectivity index (χ0v) is 19.4. The van der Waals surface area contributed by atoms with Gasteiger partial charge in [0.15, 0.2) is 0 Å². The summed E-state index contributed by atoms with van der Waals surface area (Å²) in [6.45, 7) is 2.45. The van der Waals surface area contributed by atoms with Crippen LogP contribution in [0.2, 0.25) is 5.02 Å². The second-order valence-electron chi connectivity index (χ2n) is 7.97. The third-order valence-corrected chi connectivity index (χ3v) is 6.85. The van der Waals surface area contributed by atoms with Gasteiger partial charge in [-0.2, -0.15) is 5.10 Å². The van der Waals surface area contributed by atoms with Crippen LogP contribution in [0.25, 0.3) is 21.8 Å². The molecule has 0 spiro atoms. The lowest BCUT2D eigenvalue weighted by Gasteiger charge is -2.23. The lowest BCUT2D eigenvalue weighted by atomic mass is 10.1. The van der Waals surface area contributed by atoms with Crippen LogP contribution in [0.4, 0.5) is 5.82 Å². The summed E-state index contributed by atoms with van der Waals surface area (Å²) >= 11 is 10.0. The van der Waals surface area contributed by atoms with Crippen LogP contribution in [-0.2, 0) is 13.6 Å². The molecule has 0 radical (unpaired) electrons. The summed E-state index contributed by atoms with van der Waals surface area (Å²) in [6.07, 6.45) is 5.43. The second-order valence-corrected chi connectivity index (χ2v) is 9.23. The Morgan fingerprint density at radius 2 is 2.06 bits per heavy atom. The molecule has 31 heavy (non-hydrogen) atoms. The molecule has 2 N–H and O–H groups in total. The van der Waals surface area contributed by atoms with E-state index in [0.29, 0.717) is 28.5 Å². The minimum Gasteiger partial charge on any atom is -0.383 e. The normalized spacial score (nSPS) is 13.8. The fraction of sp³-hybridized carbons (Fsp3) is 0.273. The van der Waals surface area contributed by atoms with Gasteiger partial charge in [0.1, 0.15) is 5.82 Å². The molecule has 1 saturated carbocycles. The van der Waals surface area contributed by atoms with Crippen LogP contribution < -0.4 is 5.73 Å². The Labute approximate surface area is 192 Å². The van der Waals surface area contributed by atoms with E-state index < -0.39 is 0 Å². The SMILES string of the molecule is Cc1cc(CN(C(=O)c2cc3c(cc2Cl)nc(N)c2cnn(C)c23)C2CC2)ncc1Br. The standard InChI is InChI=1S/C22H20BrClN6O/c1-11-5-12(26-9-17(11)23)10-30(13-3-4-13)22(31)14-6-15-19(7-18(14)24)28-21(25)16-8-27-29(2)20(15)16/h5-9,13H,3-4,10H2,1-2H3,(H2,25,28). The number of aryl methyl sites for hydroxylation is 2. The predicted molar refractivity (Wildman–Crippen MR) is 125 cm³/mol. The van der Waals surface area contributed by atoms with Gasteiger partial charge in [-0.1, -0.05) is 11.6 Å². The Bertz CT molecular complexity index is 1360. The maximum atomic E-state index is 13.6. The van der Waals surface area contributed by atoms with Crippen molar-refractivity contribution in [2.45, 2.75) is 32.4 Å². The van der Waals surface area contributed by atoms with Crippen molar-refractivity contribution in [1.29, 1.82) is 0 Å². The van der Waals surface area contributed by atoms with E-state index in [2.05, 4.69) is 31.0 Å². The second kappa shape index (κ2) is 7.46. The molecule has 0 unspecified atom stereocenters. The molecule has 7 nitrogen and oxygen atoms in total. The highest BCUT2D eigenvalue weighted by atomic mass is 79.9. The van der Waals surface area contributed by atoms with E-state index >= 15 is 0 Å². The summed E-state index contributed by atoms with van der Waals surface area (Å²) in [5.74, 6) is 0.283. The lowest BCUT2D eigenvalue weighted by molar-refractivity contribution is 0.0728. The Kier molecular flexibility index (Phi) is 4.86. The number of hydrogen-bond donors (Lipinski definition) is 1. The molecule has 1 amide bonds. The first-order chi connectivity index (χ1) is 14.8. The van der Waals surface area contributed by atoms with E-state index in [1.165, 1.54) is 0 Å². The molecule has 4 aromatic rings. The maximum absolute atomic E-state index is 13.6. The number of rotatable bonds is 4. The number of halogens is 2. The van der Waals surface area contributed by atoms with Crippen molar-refractivity contribution in [2.75, 3.05) is 5.73 Å². The van der Waals surface area contributed by atoms with Crippen LogP contribution >= 0.6 is 27.5 Å². The molecule has 1 aromatic carbocycles. The number of pyridine rings is 2. The van der Waals surface area contributed by atoms with E-state index in [4.69, 9.17) is 17.3 Å². The Balaban J connectivity index is 1.59. The molecule has 1 fully saturated rings. The van der Waals surface area contributed by atoms with Gasteiger partial charge in [0.2, 0.25) is 0 Å². The molecule has 1 aliphatic carbocycles. The first-order valence-corrected chi connectivity index (χ1v) is 11.1. The van der Waals surface area contributed by atoms with Crippen LogP contribution in [0.3, 0.4) is 0 Å². The van der Waals surface area contributed by atoms with Crippen molar-refractivity contribution in [3.8, 4) is 0 Å². The summed E-state index contributed by atoms with van der Waals surface area (Å²) in [6, 6.07) is 5.72. The predicted octanol–water partition coefficient (Wildman–Crippen LogP) is 4.63. The average molecular weight is 500 g/mol. The van der Waals surface area contributed by atoms with Crippen molar-refractivity contribution in [1.82, 2.24) is 24.6 Å². The zero-order valence-electron chi connectivity index (χ0n) is 17.1. The Hall–Kier alpha value is -2.71. The molecule has 9 heteroatoms. The van der Waals surface area contributed by atoms with Crippen LogP contribution in [0.15, 0.2) is 35.1 Å². The number of aromatic nitrogens is 4. The highest BCUT2D eigenvalue weighted by molar-refractivity contribution is 9.10. The monoisotopic (exact) mass is 498 g/mol. The van der Waals surface area contributed by atoms with E-state index in [1.807, 2.05) is 31.0 Å². The third kappa shape index (κ3) is 3.53. The van der Waals surface area contributed by atoms with E-state index in [0.717, 1.165) is 44.9 Å². The molecule has 0 aliphatic heterocycles. The molecule has 3 heterocycles. The highest BCUT2D eigenvalue weighted by Gasteiger charge is 2.34. The molecule has 0 saturated heterocycles. The number of carbonyl (C=O) groups is 1. The van der Waals surface area contributed by atoms with Crippen LogP contribution in [0, 0.1) is 6.92 Å². The number of nitrogens with zero attached hydrogens (tertiary/aromatic N) is 5. The van der Waals surface area contributed by atoms with Crippen LogP contribution in [-0.4, -0.2) is 36.6 Å².